The summed E-state index contributed by atoms with van der Waals surface area (Å²) < 4.78 is 7.89. The summed E-state index contributed by atoms with van der Waals surface area (Å²) in [6, 6.07) is 16.2. The maximum Gasteiger partial charge on any atom is 0.216 e. The molecule has 2 aromatic carbocycles. The molecule has 0 aliphatic heterocycles. The summed E-state index contributed by atoms with van der Waals surface area (Å²) in [4.78, 5) is 3.23. The topological polar surface area (TPSA) is 71.0 Å². The molecule has 2 heterocycles. The van der Waals surface area contributed by atoms with Crippen molar-refractivity contribution in [2.75, 3.05) is 0 Å². The van der Waals surface area contributed by atoms with E-state index >= 15 is 0 Å². The molecule has 0 saturated heterocycles. The van der Waals surface area contributed by atoms with Crippen molar-refractivity contribution in [3.8, 4) is 5.75 Å². The molecule has 6 nitrogen and oxygen atoms in total. The van der Waals surface area contributed by atoms with Gasteiger partial charge in [0.15, 0.2) is 5.82 Å². The van der Waals surface area contributed by atoms with E-state index in [0.29, 0.717) is 10.6 Å². The summed E-state index contributed by atoms with van der Waals surface area (Å²) >= 11 is 5.32. The SMILES string of the molecule is CC(C)(C)c1ccc(OCc2n[nH]c(=S)n2/N=C/c2c[nH]c3ccccc23)cc1. The average molecular weight is 406 g/mol. The number of hydrogen-bond acceptors (Lipinski definition) is 4. The molecule has 4 aromatic rings. The third kappa shape index (κ3) is 4.14. The number of rotatable bonds is 5. The second kappa shape index (κ2) is 7.67. The molecule has 2 N–H and O–H groups in total. The van der Waals surface area contributed by atoms with Gasteiger partial charge in [-0.05, 0) is 41.4 Å². The number of hydrogen-bond donors (Lipinski definition) is 2. The van der Waals surface area contributed by atoms with E-state index in [4.69, 9.17) is 17.0 Å². The second-order valence-corrected chi connectivity index (χ2v) is 8.24. The largest absolute Gasteiger partial charge is 0.486 e. The summed E-state index contributed by atoms with van der Waals surface area (Å²) in [5.41, 5.74) is 3.41. The lowest BCUT2D eigenvalue weighted by Crippen LogP contribution is -2.10. The van der Waals surface area contributed by atoms with Crippen LogP contribution in [-0.2, 0) is 12.0 Å². The van der Waals surface area contributed by atoms with Gasteiger partial charge in [-0.1, -0.05) is 51.1 Å². The third-order valence-corrected chi connectivity index (χ3v) is 5.00. The number of nitrogens with zero attached hydrogens (tertiary/aromatic N) is 3. The van der Waals surface area contributed by atoms with Crippen LogP contribution >= 0.6 is 12.2 Å². The summed E-state index contributed by atoms with van der Waals surface area (Å²) in [5, 5.41) is 12.6. The Bertz CT molecular complexity index is 1210. The van der Waals surface area contributed by atoms with Crippen molar-refractivity contribution in [3.05, 3.63) is 76.5 Å². The van der Waals surface area contributed by atoms with E-state index in [1.54, 1.807) is 10.9 Å². The van der Waals surface area contributed by atoms with Crippen LogP contribution in [0.3, 0.4) is 0 Å². The number of para-hydroxylation sites is 1. The number of fused-ring (bicyclic) bond motifs is 1. The van der Waals surface area contributed by atoms with Gasteiger partial charge in [0.1, 0.15) is 12.4 Å². The number of aromatic nitrogens is 4. The quantitative estimate of drug-likeness (QED) is 0.355. The van der Waals surface area contributed by atoms with Crippen molar-refractivity contribution < 1.29 is 4.74 Å². The average Bonchev–Trinajstić information content (AvgIpc) is 3.27. The van der Waals surface area contributed by atoms with Crippen LogP contribution in [0, 0.1) is 4.77 Å². The van der Waals surface area contributed by atoms with Crippen molar-refractivity contribution in [3.63, 3.8) is 0 Å². The van der Waals surface area contributed by atoms with Gasteiger partial charge in [0.25, 0.3) is 0 Å². The number of benzene rings is 2. The predicted molar refractivity (Wildman–Crippen MR) is 118 cm³/mol. The van der Waals surface area contributed by atoms with Gasteiger partial charge in [-0.2, -0.15) is 14.9 Å². The van der Waals surface area contributed by atoms with Gasteiger partial charge < -0.3 is 9.72 Å². The zero-order chi connectivity index (χ0) is 20.4. The first-order chi connectivity index (χ1) is 13.9. The first-order valence-corrected chi connectivity index (χ1v) is 9.83. The number of aromatic amines is 2. The van der Waals surface area contributed by atoms with Crippen LogP contribution in [0.4, 0.5) is 0 Å². The molecule has 0 amide bonds. The molecule has 0 radical (unpaired) electrons. The Morgan fingerprint density at radius 1 is 1.14 bits per heavy atom. The highest BCUT2D eigenvalue weighted by Gasteiger charge is 2.13. The van der Waals surface area contributed by atoms with E-state index < -0.39 is 0 Å². The molecular formula is C22H23N5OS. The first kappa shape index (κ1) is 19.1. The highest BCUT2D eigenvalue weighted by molar-refractivity contribution is 7.71. The lowest BCUT2D eigenvalue weighted by atomic mass is 9.87. The molecule has 4 rings (SSSR count). The molecule has 148 valence electrons. The van der Waals surface area contributed by atoms with Crippen LogP contribution in [0.5, 0.6) is 5.75 Å². The highest BCUT2D eigenvalue weighted by atomic mass is 32.1. The Kier molecular flexibility index (Phi) is 5.07. The predicted octanol–water partition coefficient (Wildman–Crippen LogP) is 5.18. The van der Waals surface area contributed by atoms with Crippen LogP contribution in [0.15, 0.2) is 59.8 Å². The smallest absolute Gasteiger partial charge is 0.216 e. The molecule has 7 heteroatoms. The number of nitrogens with one attached hydrogen (secondary N) is 2. The van der Waals surface area contributed by atoms with Crippen molar-refractivity contribution in [2.24, 2.45) is 5.10 Å². The highest BCUT2D eigenvalue weighted by Crippen LogP contribution is 2.24. The van der Waals surface area contributed by atoms with Gasteiger partial charge in [-0.3, -0.25) is 0 Å². The lowest BCUT2D eigenvalue weighted by Gasteiger charge is -2.19. The van der Waals surface area contributed by atoms with Gasteiger partial charge in [0.2, 0.25) is 4.77 Å². The van der Waals surface area contributed by atoms with Crippen molar-refractivity contribution in [1.29, 1.82) is 0 Å². The molecule has 0 saturated carbocycles. The van der Waals surface area contributed by atoms with Gasteiger partial charge in [0.05, 0.1) is 6.21 Å². The maximum absolute atomic E-state index is 5.89. The minimum atomic E-state index is 0.109. The number of H-pyrrole nitrogens is 2. The Labute approximate surface area is 174 Å². The van der Waals surface area contributed by atoms with E-state index in [1.807, 2.05) is 42.6 Å². The summed E-state index contributed by atoms with van der Waals surface area (Å²) in [5.74, 6) is 1.38. The zero-order valence-corrected chi connectivity index (χ0v) is 17.5. The van der Waals surface area contributed by atoms with Crippen LogP contribution < -0.4 is 4.74 Å². The summed E-state index contributed by atoms with van der Waals surface area (Å²) in [6.07, 6.45) is 3.69. The Morgan fingerprint density at radius 2 is 1.90 bits per heavy atom. The fourth-order valence-electron chi connectivity index (χ4n) is 3.06. The molecule has 0 spiro atoms. The fourth-order valence-corrected chi connectivity index (χ4v) is 3.25. The van der Waals surface area contributed by atoms with E-state index in [-0.39, 0.29) is 12.0 Å². The van der Waals surface area contributed by atoms with Gasteiger partial charge in [-0.15, -0.1) is 0 Å². The van der Waals surface area contributed by atoms with Crippen molar-refractivity contribution >= 4 is 29.3 Å². The van der Waals surface area contributed by atoms with Crippen LogP contribution in [-0.4, -0.2) is 26.1 Å². The van der Waals surface area contributed by atoms with E-state index in [0.717, 1.165) is 22.2 Å². The number of ether oxygens (including phenoxy) is 1. The summed E-state index contributed by atoms with van der Waals surface area (Å²) in [6.45, 7) is 6.82. The third-order valence-electron chi connectivity index (χ3n) is 4.74. The van der Waals surface area contributed by atoms with Crippen molar-refractivity contribution in [1.82, 2.24) is 19.9 Å². The minimum absolute atomic E-state index is 0.109. The minimum Gasteiger partial charge on any atom is -0.486 e. The maximum atomic E-state index is 5.89. The monoisotopic (exact) mass is 405 g/mol. The van der Waals surface area contributed by atoms with E-state index in [1.165, 1.54) is 5.56 Å². The molecule has 0 atom stereocenters. The molecule has 0 bridgehead atoms. The molecule has 0 fully saturated rings. The Morgan fingerprint density at radius 3 is 2.66 bits per heavy atom. The van der Waals surface area contributed by atoms with Gasteiger partial charge in [0, 0.05) is 22.7 Å². The molecular weight excluding hydrogens is 382 g/mol. The van der Waals surface area contributed by atoms with Crippen LogP contribution in [0.2, 0.25) is 0 Å². The fraction of sp³-hybridized carbons (Fsp3) is 0.227. The zero-order valence-electron chi connectivity index (χ0n) is 16.6. The van der Waals surface area contributed by atoms with Crippen molar-refractivity contribution in [2.45, 2.75) is 32.8 Å². The Balaban J connectivity index is 1.51. The molecule has 0 aliphatic rings. The molecule has 0 unspecified atom stereocenters. The molecule has 2 aromatic heterocycles. The standard InChI is InChI=1S/C22H23N5OS/c1-22(2,3)16-8-10-17(11-9-16)28-14-20-25-26-21(29)27(20)24-13-15-12-23-19-7-5-4-6-18(15)19/h4-13,23H,14H2,1-3H3,(H,26,29)/b24-13+. The first-order valence-electron chi connectivity index (χ1n) is 9.42. The van der Waals surface area contributed by atoms with Crippen LogP contribution in [0.25, 0.3) is 10.9 Å². The van der Waals surface area contributed by atoms with Gasteiger partial charge >= 0.3 is 0 Å². The normalized spacial score (nSPS) is 12.1. The molecule has 29 heavy (non-hydrogen) atoms. The molecule has 0 aliphatic carbocycles. The van der Waals surface area contributed by atoms with Crippen LogP contribution in [0.1, 0.15) is 37.7 Å². The van der Waals surface area contributed by atoms with E-state index in [9.17, 15) is 0 Å². The lowest BCUT2D eigenvalue weighted by molar-refractivity contribution is 0.290. The summed E-state index contributed by atoms with van der Waals surface area (Å²) in [7, 11) is 0. The van der Waals surface area contributed by atoms with Gasteiger partial charge in [-0.25, -0.2) is 5.10 Å². The second-order valence-electron chi connectivity index (χ2n) is 7.85. The van der Waals surface area contributed by atoms with E-state index in [2.05, 4.69) is 53.2 Å². The Hall–Kier alpha value is -3.19.